The van der Waals surface area contributed by atoms with Crippen LogP contribution in [-0.2, 0) is 7.05 Å². The van der Waals surface area contributed by atoms with Gasteiger partial charge < -0.3 is 19.5 Å². The molecule has 9 nitrogen and oxygen atoms in total. The SMILES string of the molecule is Cn1nc(C(=O)N2CCN(c3ccccn3)CC2)cc1NC(=O)c1ccco1. The molecule has 1 aliphatic rings. The fraction of sp³-hybridized carbons (Fsp3) is 0.263. The second-order valence-corrected chi connectivity index (χ2v) is 6.44. The van der Waals surface area contributed by atoms with Crippen LogP contribution in [0.4, 0.5) is 11.6 Å². The number of piperazine rings is 1. The van der Waals surface area contributed by atoms with E-state index in [0.29, 0.717) is 37.7 Å². The lowest BCUT2D eigenvalue weighted by molar-refractivity contribution is 0.0739. The van der Waals surface area contributed by atoms with E-state index >= 15 is 0 Å². The molecular weight excluding hydrogens is 360 g/mol. The summed E-state index contributed by atoms with van der Waals surface area (Å²) in [5.41, 5.74) is 0.295. The minimum Gasteiger partial charge on any atom is -0.459 e. The minimum atomic E-state index is -0.393. The van der Waals surface area contributed by atoms with Gasteiger partial charge in [-0.1, -0.05) is 6.07 Å². The van der Waals surface area contributed by atoms with Gasteiger partial charge in [0.15, 0.2) is 11.5 Å². The van der Waals surface area contributed by atoms with Gasteiger partial charge in [0.2, 0.25) is 0 Å². The molecule has 4 rings (SSSR count). The molecule has 3 aromatic heterocycles. The van der Waals surface area contributed by atoms with Crippen LogP contribution in [-0.4, -0.2) is 57.7 Å². The Bertz CT molecular complexity index is 959. The quantitative estimate of drug-likeness (QED) is 0.739. The highest BCUT2D eigenvalue weighted by atomic mass is 16.3. The van der Waals surface area contributed by atoms with Crippen LogP contribution >= 0.6 is 0 Å². The van der Waals surface area contributed by atoms with E-state index in [9.17, 15) is 9.59 Å². The van der Waals surface area contributed by atoms with Crippen molar-refractivity contribution in [1.29, 1.82) is 0 Å². The van der Waals surface area contributed by atoms with E-state index in [0.717, 1.165) is 5.82 Å². The van der Waals surface area contributed by atoms with Crippen molar-refractivity contribution in [1.82, 2.24) is 19.7 Å². The molecule has 0 radical (unpaired) electrons. The van der Waals surface area contributed by atoms with E-state index in [-0.39, 0.29) is 11.7 Å². The molecular formula is C19H20N6O3. The van der Waals surface area contributed by atoms with Crippen molar-refractivity contribution in [3.63, 3.8) is 0 Å². The number of rotatable bonds is 4. The average Bonchev–Trinajstić information content (AvgIpc) is 3.39. The number of hydrogen-bond donors (Lipinski definition) is 1. The van der Waals surface area contributed by atoms with Crippen molar-refractivity contribution in [3.8, 4) is 0 Å². The number of pyridine rings is 1. The largest absolute Gasteiger partial charge is 0.459 e. The lowest BCUT2D eigenvalue weighted by atomic mass is 10.2. The van der Waals surface area contributed by atoms with Crippen LogP contribution in [0.3, 0.4) is 0 Å². The molecule has 0 aliphatic carbocycles. The fourth-order valence-corrected chi connectivity index (χ4v) is 3.12. The van der Waals surface area contributed by atoms with Gasteiger partial charge in [-0.05, 0) is 24.3 Å². The summed E-state index contributed by atoms with van der Waals surface area (Å²) in [6, 6.07) is 10.6. The second-order valence-electron chi connectivity index (χ2n) is 6.44. The first kappa shape index (κ1) is 17.8. The maximum atomic E-state index is 12.8. The van der Waals surface area contributed by atoms with Crippen LogP contribution in [0, 0.1) is 0 Å². The third kappa shape index (κ3) is 3.59. The number of nitrogens with one attached hydrogen (secondary N) is 1. The predicted octanol–water partition coefficient (Wildman–Crippen LogP) is 1.62. The number of furan rings is 1. The molecule has 0 aromatic carbocycles. The molecule has 4 heterocycles. The molecule has 144 valence electrons. The summed E-state index contributed by atoms with van der Waals surface area (Å²) in [5, 5.41) is 6.95. The molecule has 0 spiro atoms. The lowest BCUT2D eigenvalue weighted by Crippen LogP contribution is -2.49. The van der Waals surface area contributed by atoms with Gasteiger partial charge in [0.25, 0.3) is 11.8 Å². The Hall–Kier alpha value is -3.62. The van der Waals surface area contributed by atoms with Gasteiger partial charge in [-0.15, -0.1) is 0 Å². The first-order valence-corrected chi connectivity index (χ1v) is 8.96. The Labute approximate surface area is 161 Å². The van der Waals surface area contributed by atoms with Crippen LogP contribution in [0.15, 0.2) is 53.3 Å². The molecule has 0 unspecified atom stereocenters. The third-order valence-electron chi connectivity index (χ3n) is 4.63. The zero-order valence-corrected chi connectivity index (χ0v) is 15.4. The average molecular weight is 380 g/mol. The highest BCUT2D eigenvalue weighted by Gasteiger charge is 2.25. The number of anilines is 2. The molecule has 3 aromatic rings. The zero-order valence-electron chi connectivity index (χ0n) is 15.4. The number of hydrogen-bond acceptors (Lipinski definition) is 6. The van der Waals surface area contributed by atoms with Gasteiger partial charge in [0.05, 0.1) is 6.26 Å². The zero-order chi connectivity index (χ0) is 19.5. The number of carbonyl (C=O) groups is 2. The van der Waals surface area contributed by atoms with Gasteiger partial charge in [0.1, 0.15) is 11.6 Å². The smallest absolute Gasteiger partial charge is 0.292 e. The van der Waals surface area contributed by atoms with E-state index in [2.05, 4.69) is 20.3 Å². The summed E-state index contributed by atoms with van der Waals surface area (Å²) in [4.78, 5) is 33.2. The van der Waals surface area contributed by atoms with Crippen LogP contribution in [0.1, 0.15) is 21.0 Å². The molecule has 9 heteroatoms. The van der Waals surface area contributed by atoms with Crippen molar-refractivity contribution < 1.29 is 14.0 Å². The van der Waals surface area contributed by atoms with Crippen LogP contribution in [0.5, 0.6) is 0 Å². The van der Waals surface area contributed by atoms with Gasteiger partial charge in [-0.3, -0.25) is 14.3 Å². The van der Waals surface area contributed by atoms with Gasteiger partial charge in [-0.2, -0.15) is 5.10 Å². The molecule has 1 aliphatic heterocycles. The monoisotopic (exact) mass is 380 g/mol. The van der Waals surface area contributed by atoms with Gasteiger partial charge in [0, 0.05) is 45.5 Å². The summed E-state index contributed by atoms with van der Waals surface area (Å²) < 4.78 is 6.55. The van der Waals surface area contributed by atoms with E-state index in [1.165, 1.54) is 10.9 Å². The highest BCUT2D eigenvalue weighted by molar-refractivity contribution is 6.02. The summed E-state index contributed by atoms with van der Waals surface area (Å²) in [6.07, 6.45) is 3.19. The molecule has 2 amide bonds. The molecule has 0 bridgehead atoms. The summed E-state index contributed by atoms with van der Waals surface area (Å²) in [6.45, 7) is 2.58. The van der Waals surface area contributed by atoms with Crippen molar-refractivity contribution >= 4 is 23.5 Å². The lowest BCUT2D eigenvalue weighted by Gasteiger charge is -2.35. The van der Waals surface area contributed by atoms with Gasteiger partial charge in [-0.25, -0.2) is 4.98 Å². The summed E-state index contributed by atoms with van der Waals surface area (Å²) in [7, 11) is 1.67. The molecule has 28 heavy (non-hydrogen) atoms. The maximum Gasteiger partial charge on any atom is 0.292 e. The topological polar surface area (TPSA) is 96.5 Å². The van der Waals surface area contributed by atoms with Gasteiger partial charge >= 0.3 is 0 Å². The maximum absolute atomic E-state index is 12.8. The van der Waals surface area contributed by atoms with Crippen molar-refractivity contribution in [2.45, 2.75) is 0 Å². The highest BCUT2D eigenvalue weighted by Crippen LogP contribution is 2.16. The Morgan fingerprint density at radius 1 is 1.11 bits per heavy atom. The Kier molecular flexibility index (Phi) is 4.79. The first-order chi connectivity index (χ1) is 13.6. The molecule has 0 saturated carbocycles. The normalized spacial score (nSPS) is 14.2. The summed E-state index contributed by atoms with van der Waals surface area (Å²) in [5.74, 6) is 0.984. The first-order valence-electron chi connectivity index (χ1n) is 8.96. The van der Waals surface area contributed by atoms with Crippen molar-refractivity contribution in [3.05, 3.63) is 60.3 Å². The van der Waals surface area contributed by atoms with E-state index in [4.69, 9.17) is 4.42 Å². The number of aryl methyl sites for hydroxylation is 1. The minimum absolute atomic E-state index is 0.158. The standard InChI is InChI=1S/C19H20N6O3/c1-23-17(21-18(26)15-5-4-12-28-15)13-14(22-23)19(27)25-10-8-24(9-11-25)16-6-2-3-7-20-16/h2-7,12-13H,8-11H2,1H3,(H,21,26). The second kappa shape index (κ2) is 7.55. The predicted molar refractivity (Wildman–Crippen MR) is 102 cm³/mol. The van der Waals surface area contributed by atoms with E-state index in [1.807, 2.05) is 18.2 Å². The van der Waals surface area contributed by atoms with Crippen LogP contribution in [0.25, 0.3) is 0 Å². The number of carbonyl (C=O) groups excluding carboxylic acids is 2. The Balaban J connectivity index is 1.40. The number of nitrogens with zero attached hydrogens (tertiary/aromatic N) is 5. The molecule has 1 N–H and O–H groups in total. The Morgan fingerprint density at radius 3 is 2.61 bits per heavy atom. The van der Waals surface area contributed by atoms with E-state index in [1.54, 1.807) is 36.3 Å². The molecule has 0 atom stereocenters. The fourth-order valence-electron chi connectivity index (χ4n) is 3.12. The van der Waals surface area contributed by atoms with Crippen molar-refractivity contribution in [2.24, 2.45) is 7.05 Å². The van der Waals surface area contributed by atoms with Crippen LogP contribution < -0.4 is 10.2 Å². The van der Waals surface area contributed by atoms with E-state index < -0.39 is 5.91 Å². The molecule has 1 fully saturated rings. The molecule has 1 saturated heterocycles. The number of amides is 2. The summed E-state index contributed by atoms with van der Waals surface area (Å²) >= 11 is 0. The number of aromatic nitrogens is 3. The van der Waals surface area contributed by atoms with Crippen LogP contribution in [0.2, 0.25) is 0 Å². The van der Waals surface area contributed by atoms with Crippen molar-refractivity contribution in [2.75, 3.05) is 36.4 Å². The Morgan fingerprint density at radius 2 is 1.93 bits per heavy atom. The third-order valence-corrected chi connectivity index (χ3v) is 4.63.